The number of likely N-dealkylation sites (N-methyl/N-ethyl adjacent to an activating group) is 1. The van der Waals surface area contributed by atoms with Gasteiger partial charge in [0.05, 0.1) is 6.61 Å². The lowest BCUT2D eigenvalue weighted by Crippen LogP contribution is -2.46. The Balaban J connectivity index is 2.14. The minimum absolute atomic E-state index is 0.388. The average molecular weight is 276 g/mol. The van der Waals surface area contributed by atoms with E-state index >= 15 is 0 Å². The molecular formula is C17H28N2O. The molecule has 0 saturated heterocycles. The van der Waals surface area contributed by atoms with Gasteiger partial charge < -0.3 is 10.1 Å². The molecule has 1 aliphatic carbocycles. The number of nitrogens with zero attached hydrogens (tertiary/aromatic N) is 1. The Bertz CT molecular complexity index is 378. The van der Waals surface area contributed by atoms with Gasteiger partial charge in [0.1, 0.15) is 0 Å². The summed E-state index contributed by atoms with van der Waals surface area (Å²) >= 11 is 0. The fourth-order valence-electron chi connectivity index (χ4n) is 3.13. The van der Waals surface area contributed by atoms with Gasteiger partial charge in [0, 0.05) is 31.8 Å². The molecule has 0 heterocycles. The van der Waals surface area contributed by atoms with Crippen molar-refractivity contribution in [2.45, 2.75) is 44.3 Å². The van der Waals surface area contributed by atoms with E-state index in [0.717, 1.165) is 25.6 Å². The Morgan fingerprint density at radius 3 is 2.50 bits per heavy atom. The molecule has 0 radical (unpaired) electrons. The van der Waals surface area contributed by atoms with E-state index < -0.39 is 0 Å². The zero-order valence-corrected chi connectivity index (χ0v) is 13.0. The molecule has 2 rings (SSSR count). The number of methoxy groups -OCH3 is 1. The molecule has 0 bridgehead atoms. The van der Waals surface area contributed by atoms with Gasteiger partial charge in [-0.25, -0.2) is 0 Å². The highest BCUT2D eigenvalue weighted by Crippen LogP contribution is 2.33. The molecule has 1 aromatic rings. The molecule has 0 amide bonds. The molecule has 112 valence electrons. The first-order chi connectivity index (χ1) is 9.81. The zero-order chi connectivity index (χ0) is 14.4. The monoisotopic (exact) mass is 276 g/mol. The molecular weight excluding hydrogens is 248 g/mol. The minimum Gasteiger partial charge on any atom is -0.383 e. The van der Waals surface area contributed by atoms with Gasteiger partial charge in [0.25, 0.3) is 0 Å². The smallest absolute Gasteiger partial charge is 0.0589 e. The molecule has 3 heteroatoms. The molecule has 0 spiro atoms. The van der Waals surface area contributed by atoms with Crippen LogP contribution in [0.25, 0.3) is 0 Å². The fourth-order valence-corrected chi connectivity index (χ4v) is 3.13. The molecule has 1 fully saturated rings. The van der Waals surface area contributed by atoms with E-state index in [9.17, 15) is 0 Å². The Morgan fingerprint density at radius 1 is 1.30 bits per heavy atom. The van der Waals surface area contributed by atoms with Crippen LogP contribution in [0.3, 0.4) is 0 Å². The van der Waals surface area contributed by atoms with Gasteiger partial charge in [-0.3, -0.25) is 4.90 Å². The molecule has 1 saturated carbocycles. The van der Waals surface area contributed by atoms with Crippen LogP contribution in [0.1, 0.15) is 37.8 Å². The highest BCUT2D eigenvalue weighted by atomic mass is 16.5. The topological polar surface area (TPSA) is 24.5 Å². The standard InChI is InChI=1S/C17H28N2O/c1-4-16(19(12-13-20-3)15-10-11-15)17(18-2)14-8-6-5-7-9-14/h5-9,15-18H,4,10-13H2,1-3H3. The van der Waals surface area contributed by atoms with Gasteiger partial charge in [-0.15, -0.1) is 0 Å². The fraction of sp³-hybridized carbons (Fsp3) is 0.647. The average Bonchev–Trinajstić information content (AvgIpc) is 3.32. The maximum Gasteiger partial charge on any atom is 0.0589 e. The van der Waals surface area contributed by atoms with Crippen LogP contribution in [-0.4, -0.2) is 44.3 Å². The summed E-state index contributed by atoms with van der Waals surface area (Å²) in [7, 11) is 3.86. The van der Waals surface area contributed by atoms with Crippen LogP contribution in [0.15, 0.2) is 30.3 Å². The van der Waals surface area contributed by atoms with Crippen LogP contribution < -0.4 is 5.32 Å². The summed E-state index contributed by atoms with van der Waals surface area (Å²) in [5.74, 6) is 0. The second-order valence-electron chi connectivity index (χ2n) is 5.61. The quantitative estimate of drug-likeness (QED) is 0.750. The van der Waals surface area contributed by atoms with Crippen LogP contribution in [-0.2, 0) is 4.74 Å². The van der Waals surface area contributed by atoms with Crippen molar-refractivity contribution < 1.29 is 4.74 Å². The van der Waals surface area contributed by atoms with E-state index in [1.165, 1.54) is 18.4 Å². The van der Waals surface area contributed by atoms with Gasteiger partial charge >= 0.3 is 0 Å². The van der Waals surface area contributed by atoms with Gasteiger partial charge in [-0.1, -0.05) is 37.3 Å². The first-order valence-corrected chi connectivity index (χ1v) is 7.78. The molecule has 3 nitrogen and oxygen atoms in total. The molecule has 1 N–H and O–H groups in total. The number of hydrogen-bond acceptors (Lipinski definition) is 3. The lowest BCUT2D eigenvalue weighted by atomic mass is 9.96. The van der Waals surface area contributed by atoms with E-state index in [1.54, 1.807) is 7.11 Å². The SMILES string of the molecule is CCC(C(NC)c1ccccc1)N(CCOC)C1CC1. The zero-order valence-electron chi connectivity index (χ0n) is 13.0. The number of nitrogens with one attached hydrogen (secondary N) is 1. The van der Waals surface area contributed by atoms with Crippen molar-refractivity contribution in [2.24, 2.45) is 0 Å². The highest BCUT2D eigenvalue weighted by molar-refractivity contribution is 5.21. The number of benzene rings is 1. The van der Waals surface area contributed by atoms with Gasteiger partial charge in [-0.2, -0.15) is 0 Å². The Kier molecular flexibility index (Phi) is 6.02. The van der Waals surface area contributed by atoms with Crippen molar-refractivity contribution in [2.75, 3.05) is 27.3 Å². The largest absolute Gasteiger partial charge is 0.383 e. The van der Waals surface area contributed by atoms with Crippen LogP contribution in [0, 0.1) is 0 Å². The van der Waals surface area contributed by atoms with Crippen LogP contribution >= 0.6 is 0 Å². The summed E-state index contributed by atoms with van der Waals surface area (Å²) in [5.41, 5.74) is 1.38. The first kappa shape index (κ1) is 15.5. The molecule has 2 atom stereocenters. The third kappa shape index (κ3) is 3.81. The summed E-state index contributed by atoms with van der Waals surface area (Å²) in [5, 5.41) is 3.53. The highest BCUT2D eigenvalue weighted by Gasteiger charge is 2.36. The molecule has 0 aromatic heterocycles. The summed E-state index contributed by atoms with van der Waals surface area (Å²) in [6.07, 6.45) is 3.83. The van der Waals surface area contributed by atoms with E-state index in [-0.39, 0.29) is 0 Å². The molecule has 20 heavy (non-hydrogen) atoms. The minimum atomic E-state index is 0.388. The third-order valence-electron chi connectivity index (χ3n) is 4.27. The second kappa shape index (κ2) is 7.77. The van der Waals surface area contributed by atoms with Crippen molar-refractivity contribution >= 4 is 0 Å². The summed E-state index contributed by atoms with van der Waals surface area (Å²) < 4.78 is 5.30. The van der Waals surface area contributed by atoms with Gasteiger partial charge in [0.2, 0.25) is 0 Å². The van der Waals surface area contributed by atoms with E-state index in [4.69, 9.17) is 4.74 Å². The molecule has 0 aliphatic heterocycles. The van der Waals surface area contributed by atoms with Crippen molar-refractivity contribution in [1.29, 1.82) is 0 Å². The number of hydrogen-bond donors (Lipinski definition) is 1. The predicted octanol–water partition coefficient (Wildman–Crippen LogP) is 2.84. The van der Waals surface area contributed by atoms with Crippen LogP contribution in [0.5, 0.6) is 0 Å². The maximum absolute atomic E-state index is 5.30. The first-order valence-electron chi connectivity index (χ1n) is 7.78. The van der Waals surface area contributed by atoms with Gasteiger partial charge in [-0.05, 0) is 31.9 Å². The maximum atomic E-state index is 5.30. The number of ether oxygens (including phenoxy) is 1. The van der Waals surface area contributed by atoms with Crippen molar-refractivity contribution in [3.05, 3.63) is 35.9 Å². The lowest BCUT2D eigenvalue weighted by Gasteiger charge is -2.37. The summed E-state index contributed by atoms with van der Waals surface area (Å²) in [4.78, 5) is 2.65. The lowest BCUT2D eigenvalue weighted by molar-refractivity contribution is 0.0944. The van der Waals surface area contributed by atoms with Crippen molar-refractivity contribution in [1.82, 2.24) is 10.2 Å². The molecule has 1 aliphatic rings. The second-order valence-corrected chi connectivity index (χ2v) is 5.61. The van der Waals surface area contributed by atoms with Gasteiger partial charge in [0.15, 0.2) is 0 Å². The van der Waals surface area contributed by atoms with E-state index in [1.807, 2.05) is 0 Å². The Labute approximate surface area is 123 Å². The third-order valence-corrected chi connectivity index (χ3v) is 4.27. The molecule has 2 unspecified atom stereocenters. The number of rotatable bonds is 9. The summed E-state index contributed by atoms with van der Waals surface area (Å²) in [6, 6.07) is 12.5. The summed E-state index contributed by atoms with van der Waals surface area (Å²) in [6.45, 7) is 4.14. The Hall–Kier alpha value is -0.900. The van der Waals surface area contributed by atoms with Crippen LogP contribution in [0.4, 0.5) is 0 Å². The van der Waals surface area contributed by atoms with Crippen molar-refractivity contribution in [3.63, 3.8) is 0 Å². The van der Waals surface area contributed by atoms with E-state index in [2.05, 4.69) is 54.5 Å². The van der Waals surface area contributed by atoms with Crippen LogP contribution in [0.2, 0.25) is 0 Å². The predicted molar refractivity (Wildman–Crippen MR) is 83.9 cm³/mol. The normalized spacial score (nSPS) is 18.2. The van der Waals surface area contributed by atoms with Crippen molar-refractivity contribution in [3.8, 4) is 0 Å². The Morgan fingerprint density at radius 2 is 2.00 bits per heavy atom. The molecule has 1 aromatic carbocycles. The van der Waals surface area contributed by atoms with E-state index in [0.29, 0.717) is 12.1 Å².